The number of hydrogen-bond donors (Lipinski definition) is 2. The lowest BCUT2D eigenvalue weighted by molar-refractivity contribution is 0.618. The van der Waals surface area contributed by atoms with Crippen LogP contribution in [0, 0.1) is 18.3 Å². The van der Waals surface area contributed by atoms with Crippen molar-refractivity contribution in [1.82, 2.24) is 0 Å². The lowest BCUT2D eigenvalue weighted by Crippen LogP contribution is -2.28. The molecule has 3 N–H and O–H groups in total. The van der Waals surface area contributed by atoms with Crippen LogP contribution < -0.4 is 10.6 Å². The third-order valence-electron chi connectivity index (χ3n) is 2.82. The van der Waals surface area contributed by atoms with Gasteiger partial charge >= 0.3 is 0 Å². The molecular formula is C14H23N3. The predicted molar refractivity (Wildman–Crippen MR) is 74.9 cm³/mol. The molecule has 0 bridgehead atoms. The van der Waals surface area contributed by atoms with Crippen LogP contribution in [0.5, 0.6) is 0 Å². The molecule has 1 rings (SSSR count). The van der Waals surface area contributed by atoms with Gasteiger partial charge in [-0.25, -0.2) is 0 Å². The Morgan fingerprint density at radius 1 is 1.41 bits per heavy atom. The minimum absolute atomic E-state index is 0.131. The summed E-state index contributed by atoms with van der Waals surface area (Å²) in [5.74, 6) is 0.772. The topological polar surface area (TPSA) is 53.1 Å². The molecule has 0 aliphatic carbocycles. The molecule has 17 heavy (non-hydrogen) atoms. The molecule has 94 valence electrons. The highest BCUT2D eigenvalue weighted by atomic mass is 15.1. The molecule has 3 heteroatoms. The fourth-order valence-electron chi connectivity index (χ4n) is 2.02. The van der Waals surface area contributed by atoms with E-state index in [-0.39, 0.29) is 5.84 Å². The first-order valence-corrected chi connectivity index (χ1v) is 6.15. The molecule has 0 heterocycles. The second-order valence-corrected chi connectivity index (χ2v) is 4.85. The standard InChI is InChI=1S/C14H23N3/c1-5-17(9-10(2)3)13-7-6-12(14(15)16)8-11(13)4/h6-8,10H,5,9H2,1-4H3,(H3,15,16). The third kappa shape index (κ3) is 3.48. The van der Waals surface area contributed by atoms with Gasteiger partial charge in [-0.05, 0) is 43.5 Å². The largest absolute Gasteiger partial charge is 0.384 e. The molecule has 0 aliphatic heterocycles. The Hall–Kier alpha value is -1.51. The van der Waals surface area contributed by atoms with Crippen molar-refractivity contribution in [3.8, 4) is 0 Å². The number of hydrogen-bond acceptors (Lipinski definition) is 2. The van der Waals surface area contributed by atoms with E-state index in [0.717, 1.165) is 18.7 Å². The van der Waals surface area contributed by atoms with Crippen molar-refractivity contribution in [2.24, 2.45) is 11.7 Å². The van der Waals surface area contributed by atoms with Crippen molar-refractivity contribution < 1.29 is 0 Å². The highest BCUT2D eigenvalue weighted by Gasteiger charge is 2.10. The summed E-state index contributed by atoms with van der Waals surface area (Å²) in [6, 6.07) is 5.98. The Bertz CT molecular complexity index is 396. The lowest BCUT2D eigenvalue weighted by atomic mass is 10.1. The normalized spacial score (nSPS) is 10.6. The van der Waals surface area contributed by atoms with Crippen LogP contribution in [0.15, 0.2) is 18.2 Å². The zero-order valence-corrected chi connectivity index (χ0v) is 11.2. The number of benzene rings is 1. The van der Waals surface area contributed by atoms with Crippen molar-refractivity contribution in [2.45, 2.75) is 27.7 Å². The first-order chi connectivity index (χ1) is 7.95. The summed E-state index contributed by atoms with van der Waals surface area (Å²) in [5.41, 5.74) is 8.71. The Morgan fingerprint density at radius 2 is 2.06 bits per heavy atom. The van der Waals surface area contributed by atoms with Gasteiger partial charge in [0.1, 0.15) is 5.84 Å². The SMILES string of the molecule is CCN(CC(C)C)c1ccc(C(=N)N)cc1C. The van der Waals surface area contributed by atoms with Gasteiger partial charge in [0.2, 0.25) is 0 Å². The number of nitrogens with zero attached hydrogens (tertiary/aromatic N) is 1. The quantitative estimate of drug-likeness (QED) is 0.607. The van der Waals surface area contributed by atoms with Crippen LogP contribution in [-0.4, -0.2) is 18.9 Å². The highest BCUT2D eigenvalue weighted by Crippen LogP contribution is 2.22. The molecule has 1 aromatic carbocycles. The number of nitrogens with two attached hydrogens (primary N) is 1. The van der Waals surface area contributed by atoms with E-state index >= 15 is 0 Å². The predicted octanol–water partition coefficient (Wildman–Crippen LogP) is 2.76. The summed E-state index contributed by atoms with van der Waals surface area (Å²) in [6.07, 6.45) is 0. The molecule has 1 aromatic rings. The molecule has 0 unspecified atom stereocenters. The van der Waals surface area contributed by atoms with Gasteiger partial charge in [-0.2, -0.15) is 0 Å². The molecule has 0 fully saturated rings. The summed E-state index contributed by atoms with van der Waals surface area (Å²) in [5, 5.41) is 7.43. The minimum Gasteiger partial charge on any atom is -0.384 e. The number of anilines is 1. The molecule has 0 atom stereocenters. The van der Waals surface area contributed by atoms with Crippen LogP contribution in [0.2, 0.25) is 0 Å². The molecule has 0 amide bonds. The van der Waals surface area contributed by atoms with Gasteiger partial charge in [-0.1, -0.05) is 13.8 Å². The molecule has 0 radical (unpaired) electrons. The van der Waals surface area contributed by atoms with Gasteiger partial charge in [0.25, 0.3) is 0 Å². The van der Waals surface area contributed by atoms with Crippen molar-refractivity contribution in [3.05, 3.63) is 29.3 Å². The second-order valence-electron chi connectivity index (χ2n) is 4.85. The molecule has 0 spiro atoms. The monoisotopic (exact) mass is 233 g/mol. The number of rotatable bonds is 5. The molecular weight excluding hydrogens is 210 g/mol. The lowest BCUT2D eigenvalue weighted by Gasteiger charge is -2.27. The van der Waals surface area contributed by atoms with E-state index in [4.69, 9.17) is 11.1 Å². The van der Waals surface area contributed by atoms with Gasteiger partial charge in [0, 0.05) is 24.3 Å². The average molecular weight is 233 g/mol. The van der Waals surface area contributed by atoms with E-state index in [0.29, 0.717) is 5.92 Å². The number of nitrogen functional groups attached to an aromatic ring is 1. The summed E-state index contributed by atoms with van der Waals surface area (Å²) < 4.78 is 0. The number of amidine groups is 1. The van der Waals surface area contributed by atoms with E-state index in [9.17, 15) is 0 Å². The zero-order valence-electron chi connectivity index (χ0n) is 11.2. The summed E-state index contributed by atoms with van der Waals surface area (Å²) in [7, 11) is 0. The van der Waals surface area contributed by atoms with Gasteiger partial charge in [0.05, 0.1) is 0 Å². The van der Waals surface area contributed by atoms with Gasteiger partial charge in [0.15, 0.2) is 0 Å². The number of nitrogens with one attached hydrogen (secondary N) is 1. The second kappa shape index (κ2) is 5.71. The maximum atomic E-state index is 7.43. The minimum atomic E-state index is 0.131. The van der Waals surface area contributed by atoms with E-state index in [1.807, 2.05) is 12.1 Å². The molecule has 0 saturated heterocycles. The zero-order chi connectivity index (χ0) is 13.0. The van der Waals surface area contributed by atoms with Gasteiger partial charge in [-0.15, -0.1) is 0 Å². The molecule has 0 saturated carbocycles. The Morgan fingerprint density at radius 3 is 2.47 bits per heavy atom. The van der Waals surface area contributed by atoms with Crippen LogP contribution in [0.4, 0.5) is 5.69 Å². The average Bonchev–Trinajstić information content (AvgIpc) is 2.25. The summed E-state index contributed by atoms with van der Waals surface area (Å²) in [4.78, 5) is 2.36. The van der Waals surface area contributed by atoms with Crippen LogP contribution >= 0.6 is 0 Å². The molecule has 3 nitrogen and oxygen atoms in total. The third-order valence-corrected chi connectivity index (χ3v) is 2.82. The van der Waals surface area contributed by atoms with Crippen LogP contribution in [-0.2, 0) is 0 Å². The Kier molecular flexibility index (Phi) is 4.55. The van der Waals surface area contributed by atoms with Crippen molar-refractivity contribution in [3.63, 3.8) is 0 Å². The van der Waals surface area contributed by atoms with Gasteiger partial charge < -0.3 is 10.6 Å². The first kappa shape index (κ1) is 13.6. The van der Waals surface area contributed by atoms with Crippen molar-refractivity contribution >= 4 is 11.5 Å². The van der Waals surface area contributed by atoms with E-state index < -0.39 is 0 Å². The van der Waals surface area contributed by atoms with E-state index in [1.54, 1.807) is 0 Å². The van der Waals surface area contributed by atoms with Crippen LogP contribution in [0.25, 0.3) is 0 Å². The summed E-state index contributed by atoms with van der Waals surface area (Å²) in [6.45, 7) is 10.7. The molecule has 0 aliphatic rings. The van der Waals surface area contributed by atoms with Crippen molar-refractivity contribution in [2.75, 3.05) is 18.0 Å². The van der Waals surface area contributed by atoms with Gasteiger partial charge in [-0.3, -0.25) is 5.41 Å². The maximum Gasteiger partial charge on any atom is 0.122 e. The van der Waals surface area contributed by atoms with Crippen LogP contribution in [0.3, 0.4) is 0 Å². The Balaban J connectivity index is 3.00. The first-order valence-electron chi connectivity index (χ1n) is 6.15. The summed E-state index contributed by atoms with van der Waals surface area (Å²) >= 11 is 0. The van der Waals surface area contributed by atoms with E-state index in [1.165, 1.54) is 11.3 Å². The maximum absolute atomic E-state index is 7.43. The number of aryl methyl sites for hydroxylation is 1. The Labute approximate surface area is 104 Å². The highest BCUT2D eigenvalue weighted by molar-refractivity contribution is 5.95. The smallest absolute Gasteiger partial charge is 0.122 e. The van der Waals surface area contributed by atoms with E-state index in [2.05, 4.69) is 38.7 Å². The fraction of sp³-hybridized carbons (Fsp3) is 0.500. The van der Waals surface area contributed by atoms with Crippen LogP contribution in [0.1, 0.15) is 31.9 Å². The fourth-order valence-corrected chi connectivity index (χ4v) is 2.02. The molecule has 0 aromatic heterocycles. The van der Waals surface area contributed by atoms with Crippen molar-refractivity contribution in [1.29, 1.82) is 5.41 Å².